The molecule has 1 aliphatic rings. The van der Waals surface area contributed by atoms with Gasteiger partial charge in [0, 0.05) is 6.07 Å². The lowest BCUT2D eigenvalue weighted by Crippen LogP contribution is -2.52. The molecule has 5 nitrogen and oxygen atoms in total. The third-order valence-corrected chi connectivity index (χ3v) is 3.39. The second-order valence-electron chi connectivity index (χ2n) is 4.58. The maximum Gasteiger partial charge on any atom is 0.240 e. The highest BCUT2D eigenvalue weighted by atomic mass is 16.5. The van der Waals surface area contributed by atoms with Crippen LogP contribution in [0.1, 0.15) is 37.6 Å². The number of rotatable bonds is 4. The van der Waals surface area contributed by atoms with Crippen molar-refractivity contribution < 1.29 is 9.32 Å². The topological polar surface area (TPSA) is 67.2 Å². The van der Waals surface area contributed by atoms with E-state index in [0.717, 1.165) is 37.3 Å². The molecule has 1 aromatic rings. The number of hydrogen-bond donors (Lipinski definition) is 2. The summed E-state index contributed by atoms with van der Waals surface area (Å²) in [7, 11) is 0. The molecule has 1 aliphatic heterocycles. The first-order chi connectivity index (χ1) is 8.16. The molecule has 1 unspecified atom stereocenters. The smallest absolute Gasteiger partial charge is 0.240 e. The van der Waals surface area contributed by atoms with Crippen molar-refractivity contribution in [3.05, 3.63) is 17.5 Å². The molecule has 5 heteroatoms. The Balaban J connectivity index is 1.92. The zero-order chi connectivity index (χ0) is 12.3. The van der Waals surface area contributed by atoms with Gasteiger partial charge in [0.15, 0.2) is 0 Å². The van der Waals surface area contributed by atoms with Crippen molar-refractivity contribution in [3.8, 4) is 0 Å². The van der Waals surface area contributed by atoms with Crippen molar-refractivity contribution in [3.63, 3.8) is 0 Å². The Hall–Kier alpha value is -1.36. The van der Waals surface area contributed by atoms with Crippen LogP contribution in [0, 0.1) is 6.92 Å². The zero-order valence-corrected chi connectivity index (χ0v) is 10.4. The summed E-state index contributed by atoms with van der Waals surface area (Å²) in [6.45, 7) is 5.23. The largest absolute Gasteiger partial charge is 0.361 e. The van der Waals surface area contributed by atoms with Crippen LogP contribution in [0.15, 0.2) is 10.6 Å². The molecular weight excluding hydrogens is 218 g/mol. The van der Waals surface area contributed by atoms with Crippen molar-refractivity contribution in [2.24, 2.45) is 0 Å². The van der Waals surface area contributed by atoms with Gasteiger partial charge in [-0.15, -0.1) is 0 Å². The Kier molecular flexibility index (Phi) is 3.47. The molecule has 0 aliphatic carbocycles. The Morgan fingerprint density at radius 3 is 3.06 bits per heavy atom. The molecule has 1 saturated heterocycles. The van der Waals surface area contributed by atoms with E-state index in [1.807, 2.05) is 19.9 Å². The van der Waals surface area contributed by atoms with Crippen LogP contribution in [0.4, 0.5) is 0 Å². The lowest BCUT2D eigenvalue weighted by molar-refractivity contribution is -0.127. The molecule has 0 radical (unpaired) electrons. The third kappa shape index (κ3) is 2.49. The second kappa shape index (κ2) is 4.87. The Bertz CT molecular complexity index is 394. The SMILES string of the molecule is CCC1(C(=O)NCc2cc(C)on2)CCCN1. The van der Waals surface area contributed by atoms with Gasteiger partial charge >= 0.3 is 0 Å². The fourth-order valence-corrected chi connectivity index (χ4v) is 2.30. The lowest BCUT2D eigenvalue weighted by atomic mass is 9.93. The number of hydrogen-bond acceptors (Lipinski definition) is 4. The van der Waals surface area contributed by atoms with Crippen LogP contribution < -0.4 is 10.6 Å². The Morgan fingerprint density at radius 2 is 2.53 bits per heavy atom. The molecule has 1 amide bonds. The fourth-order valence-electron chi connectivity index (χ4n) is 2.30. The molecule has 0 bridgehead atoms. The van der Waals surface area contributed by atoms with Crippen molar-refractivity contribution in [1.29, 1.82) is 0 Å². The highest BCUT2D eigenvalue weighted by Crippen LogP contribution is 2.23. The molecule has 2 N–H and O–H groups in total. The van der Waals surface area contributed by atoms with E-state index in [-0.39, 0.29) is 11.4 Å². The first kappa shape index (κ1) is 12.1. The van der Waals surface area contributed by atoms with Crippen LogP contribution >= 0.6 is 0 Å². The number of nitrogens with zero attached hydrogens (tertiary/aromatic N) is 1. The van der Waals surface area contributed by atoms with Gasteiger partial charge in [-0.1, -0.05) is 12.1 Å². The van der Waals surface area contributed by atoms with E-state index in [9.17, 15) is 4.79 Å². The molecule has 17 heavy (non-hydrogen) atoms. The van der Waals surface area contributed by atoms with E-state index in [2.05, 4.69) is 15.8 Å². The first-order valence-electron chi connectivity index (χ1n) is 6.12. The summed E-state index contributed by atoms with van der Waals surface area (Å²) < 4.78 is 4.96. The van der Waals surface area contributed by atoms with E-state index in [4.69, 9.17) is 4.52 Å². The van der Waals surface area contributed by atoms with Gasteiger partial charge in [0.25, 0.3) is 0 Å². The molecular formula is C12H19N3O2. The summed E-state index contributed by atoms with van der Waals surface area (Å²) in [5.74, 6) is 0.830. The maximum absolute atomic E-state index is 12.1. The number of nitrogens with one attached hydrogen (secondary N) is 2. The third-order valence-electron chi connectivity index (χ3n) is 3.39. The van der Waals surface area contributed by atoms with E-state index in [1.165, 1.54) is 0 Å². The molecule has 2 rings (SSSR count). The van der Waals surface area contributed by atoms with Gasteiger partial charge in [0.1, 0.15) is 11.5 Å². The van der Waals surface area contributed by atoms with E-state index in [1.54, 1.807) is 0 Å². The second-order valence-corrected chi connectivity index (χ2v) is 4.58. The van der Waals surface area contributed by atoms with Crippen molar-refractivity contribution in [1.82, 2.24) is 15.8 Å². The minimum atomic E-state index is -0.376. The predicted octanol–water partition coefficient (Wildman–Crippen LogP) is 1.13. The number of carbonyl (C=O) groups is 1. The number of aryl methyl sites for hydroxylation is 1. The fraction of sp³-hybridized carbons (Fsp3) is 0.667. The standard InChI is InChI=1S/C12H19N3O2/c1-3-12(5-4-6-14-12)11(16)13-8-10-7-9(2)17-15-10/h7,14H,3-6,8H2,1-2H3,(H,13,16). The summed E-state index contributed by atoms with van der Waals surface area (Å²) in [4.78, 5) is 12.1. The van der Waals surface area contributed by atoms with Crippen LogP contribution in [-0.4, -0.2) is 23.1 Å². The molecule has 0 aromatic carbocycles. The van der Waals surface area contributed by atoms with Gasteiger partial charge < -0.3 is 15.2 Å². The predicted molar refractivity (Wildman–Crippen MR) is 63.3 cm³/mol. The average molecular weight is 237 g/mol. The van der Waals surface area contributed by atoms with Crippen LogP contribution in [-0.2, 0) is 11.3 Å². The summed E-state index contributed by atoms with van der Waals surface area (Å²) in [5, 5.41) is 10.1. The van der Waals surface area contributed by atoms with Gasteiger partial charge in [-0.3, -0.25) is 4.79 Å². The Morgan fingerprint density at radius 1 is 1.71 bits per heavy atom. The Labute approximate surface area is 101 Å². The van der Waals surface area contributed by atoms with Crippen LogP contribution in [0.2, 0.25) is 0 Å². The molecule has 94 valence electrons. The van der Waals surface area contributed by atoms with Gasteiger partial charge in [-0.05, 0) is 32.7 Å². The van der Waals surface area contributed by atoms with Crippen molar-refractivity contribution in [2.75, 3.05) is 6.54 Å². The monoisotopic (exact) mass is 237 g/mol. The minimum Gasteiger partial charge on any atom is -0.361 e. The van der Waals surface area contributed by atoms with Crippen LogP contribution in [0.25, 0.3) is 0 Å². The highest BCUT2D eigenvalue weighted by molar-refractivity contribution is 5.86. The molecule has 1 fully saturated rings. The van der Waals surface area contributed by atoms with Crippen LogP contribution in [0.5, 0.6) is 0 Å². The van der Waals surface area contributed by atoms with E-state index >= 15 is 0 Å². The summed E-state index contributed by atoms with van der Waals surface area (Å²) in [5.41, 5.74) is 0.388. The van der Waals surface area contributed by atoms with Crippen molar-refractivity contribution >= 4 is 5.91 Å². The molecule has 2 heterocycles. The van der Waals surface area contributed by atoms with E-state index in [0.29, 0.717) is 6.54 Å². The van der Waals surface area contributed by atoms with Crippen molar-refractivity contribution in [2.45, 2.75) is 45.2 Å². The number of aromatic nitrogens is 1. The zero-order valence-electron chi connectivity index (χ0n) is 10.4. The van der Waals surface area contributed by atoms with E-state index < -0.39 is 0 Å². The number of amides is 1. The molecule has 0 spiro atoms. The first-order valence-corrected chi connectivity index (χ1v) is 6.12. The van der Waals surface area contributed by atoms with Gasteiger partial charge in [-0.25, -0.2) is 0 Å². The molecule has 0 saturated carbocycles. The summed E-state index contributed by atoms with van der Waals surface area (Å²) in [6, 6.07) is 1.83. The summed E-state index contributed by atoms with van der Waals surface area (Å²) in [6.07, 6.45) is 2.79. The minimum absolute atomic E-state index is 0.0677. The van der Waals surface area contributed by atoms with Crippen LogP contribution in [0.3, 0.4) is 0 Å². The maximum atomic E-state index is 12.1. The normalized spacial score (nSPS) is 23.9. The summed E-state index contributed by atoms with van der Waals surface area (Å²) >= 11 is 0. The lowest BCUT2D eigenvalue weighted by Gasteiger charge is -2.26. The van der Waals surface area contributed by atoms with Gasteiger partial charge in [0.2, 0.25) is 5.91 Å². The van der Waals surface area contributed by atoms with Gasteiger partial charge in [-0.2, -0.15) is 0 Å². The average Bonchev–Trinajstić information content (AvgIpc) is 2.95. The molecule has 1 aromatic heterocycles. The highest BCUT2D eigenvalue weighted by Gasteiger charge is 2.38. The van der Waals surface area contributed by atoms with Gasteiger partial charge in [0.05, 0.1) is 12.1 Å². The quantitative estimate of drug-likeness (QED) is 0.824. The molecule has 1 atom stereocenters. The number of carbonyl (C=O) groups excluding carboxylic acids is 1.